The predicted octanol–water partition coefficient (Wildman–Crippen LogP) is 3.76. The summed E-state index contributed by atoms with van der Waals surface area (Å²) in [4.78, 5) is 71.1. The van der Waals surface area contributed by atoms with E-state index in [0.717, 1.165) is 33.4 Å². The van der Waals surface area contributed by atoms with Gasteiger partial charge in [-0.2, -0.15) is 0 Å². The van der Waals surface area contributed by atoms with Crippen LogP contribution in [0.5, 0.6) is 0 Å². The zero-order chi connectivity index (χ0) is 43.1. The van der Waals surface area contributed by atoms with Crippen LogP contribution in [-0.4, -0.2) is 124 Å². The third-order valence-electron chi connectivity index (χ3n) is 10.9. The normalized spacial score (nSPS) is 19.9. The first-order chi connectivity index (χ1) is 28.8. The molecule has 4 amide bonds. The third-order valence-corrected chi connectivity index (χ3v) is 10.9. The smallest absolute Gasteiger partial charge is 0.407 e. The van der Waals surface area contributed by atoms with Crippen molar-refractivity contribution in [1.29, 1.82) is 0 Å². The number of carbonyl (C=O) groups is 4. The lowest BCUT2D eigenvalue weighted by atomic mass is 10.0. The Labute approximate surface area is 349 Å². The molecule has 2 aromatic carbocycles. The van der Waals surface area contributed by atoms with Gasteiger partial charge in [-0.15, -0.1) is 0 Å². The number of aromatic nitrogens is 4. The molecule has 2 aliphatic rings. The fourth-order valence-corrected chi connectivity index (χ4v) is 7.62. The second-order valence-electron chi connectivity index (χ2n) is 15.9. The number of nitrogens with one attached hydrogen (secondary N) is 4. The van der Waals surface area contributed by atoms with Crippen molar-refractivity contribution < 1.29 is 38.5 Å². The van der Waals surface area contributed by atoms with E-state index in [0.29, 0.717) is 50.6 Å². The van der Waals surface area contributed by atoms with E-state index in [-0.39, 0.29) is 36.3 Å². The number of hydrogen-bond donors (Lipinski definition) is 6. The molecule has 0 bridgehead atoms. The summed E-state index contributed by atoms with van der Waals surface area (Å²) >= 11 is 0. The van der Waals surface area contributed by atoms with Crippen LogP contribution in [0.3, 0.4) is 0 Å². The summed E-state index contributed by atoms with van der Waals surface area (Å²) in [5.41, 5.74) is 10.3. The molecule has 0 radical (unpaired) electrons. The lowest BCUT2D eigenvalue weighted by molar-refractivity contribution is -0.136. The first-order valence-corrected chi connectivity index (χ1v) is 20.3. The second-order valence-corrected chi connectivity index (χ2v) is 15.9. The summed E-state index contributed by atoms with van der Waals surface area (Å²) in [5, 5.41) is 15.9. The van der Waals surface area contributed by atoms with E-state index in [1.807, 2.05) is 70.2 Å². The van der Waals surface area contributed by atoms with Gasteiger partial charge in [-0.1, -0.05) is 51.7 Å². The van der Waals surface area contributed by atoms with Gasteiger partial charge in [-0.25, -0.2) is 19.6 Å². The van der Waals surface area contributed by atoms with Crippen molar-refractivity contribution in [1.82, 2.24) is 40.4 Å². The maximum absolute atomic E-state index is 13.9. The average Bonchev–Trinajstić information content (AvgIpc) is 4.06. The molecule has 7 N–H and O–H groups in total. The van der Waals surface area contributed by atoms with Crippen molar-refractivity contribution in [2.24, 2.45) is 17.6 Å². The fraction of sp³-hybridized carbons (Fsp3) is 0.488. The number of aliphatic hydroxyl groups is 1. The third kappa shape index (κ3) is 10.1. The van der Waals surface area contributed by atoms with Crippen molar-refractivity contribution in [3.63, 3.8) is 0 Å². The van der Waals surface area contributed by atoms with Gasteiger partial charge >= 0.3 is 12.2 Å². The molecule has 2 saturated heterocycles. The standard InChI is InChI=1S/C43H55N9O8/c1-24(2)36(49-42(56)58-5)40(54)51-22-29(53)19-34(51)38-45-21-33(48-38)28-13-10-26(11-14-28)8-9-27-12-15-31-32(18-27)47-39(46-31)35-20-30(60-17-7-16-44)23-52(35)41(55)37(25(3)4)50-43(57)59-6/h10-15,18,21,24-25,29-30,34-37,53H,7,16-17,19-20,22-23,44H2,1-6H3,(H,45,48)(H,46,47)(H,49,56)(H,50,57)/t29-,30-,34-,35-,36-,37-/m0/s1. The number of H-pyrrole nitrogens is 2. The highest BCUT2D eigenvalue weighted by molar-refractivity contribution is 5.87. The number of carbonyl (C=O) groups excluding carboxylic acids is 4. The van der Waals surface area contributed by atoms with Gasteiger partial charge in [0.25, 0.3) is 0 Å². The van der Waals surface area contributed by atoms with E-state index in [4.69, 9.17) is 24.9 Å². The van der Waals surface area contributed by atoms with Crippen LogP contribution in [0.25, 0.3) is 22.3 Å². The van der Waals surface area contributed by atoms with Gasteiger partial charge in [-0.05, 0) is 60.7 Å². The van der Waals surface area contributed by atoms with Gasteiger partial charge in [0.1, 0.15) is 23.7 Å². The Morgan fingerprint density at radius 2 is 1.45 bits per heavy atom. The number of rotatable bonds is 13. The number of benzene rings is 2. The van der Waals surface area contributed by atoms with Crippen LogP contribution in [0.4, 0.5) is 9.59 Å². The molecule has 60 heavy (non-hydrogen) atoms. The summed E-state index contributed by atoms with van der Waals surface area (Å²) < 4.78 is 15.6. The number of fused-ring (bicyclic) bond motifs is 1. The molecule has 17 heteroatoms. The summed E-state index contributed by atoms with van der Waals surface area (Å²) in [6.45, 7) is 8.84. The number of nitrogens with zero attached hydrogens (tertiary/aromatic N) is 4. The molecular formula is C43H55N9O8. The Bertz CT molecular complexity index is 2210. The van der Waals surface area contributed by atoms with E-state index in [2.05, 4.69) is 37.4 Å². The first-order valence-electron chi connectivity index (χ1n) is 20.3. The molecule has 320 valence electrons. The van der Waals surface area contributed by atoms with E-state index in [9.17, 15) is 24.3 Å². The van der Waals surface area contributed by atoms with Gasteiger partial charge in [0, 0.05) is 43.7 Å². The van der Waals surface area contributed by atoms with Gasteiger partial charge in [0.15, 0.2) is 0 Å². The second kappa shape index (κ2) is 19.4. The van der Waals surface area contributed by atoms with Crippen LogP contribution in [0.2, 0.25) is 0 Å². The van der Waals surface area contributed by atoms with Crippen LogP contribution in [0.1, 0.15) is 81.8 Å². The zero-order valence-corrected chi connectivity index (χ0v) is 34.9. The molecule has 2 fully saturated rings. The van der Waals surface area contributed by atoms with Crippen LogP contribution in [0, 0.1) is 23.7 Å². The number of ether oxygens (including phenoxy) is 3. The summed E-state index contributed by atoms with van der Waals surface area (Å²) in [6, 6.07) is 10.9. The van der Waals surface area contributed by atoms with Crippen LogP contribution in [0.15, 0.2) is 48.7 Å². The molecule has 0 spiro atoms. The van der Waals surface area contributed by atoms with E-state index >= 15 is 0 Å². The predicted molar refractivity (Wildman–Crippen MR) is 222 cm³/mol. The number of alkyl carbamates (subject to hydrolysis) is 2. The highest BCUT2D eigenvalue weighted by atomic mass is 16.5. The number of likely N-dealkylation sites (tertiary alicyclic amines) is 2. The summed E-state index contributed by atoms with van der Waals surface area (Å²) in [7, 11) is 2.51. The Balaban J connectivity index is 1.16. The largest absolute Gasteiger partial charge is 0.453 e. The minimum absolute atomic E-state index is 0.121. The number of imidazole rings is 2. The van der Waals surface area contributed by atoms with Crippen molar-refractivity contribution in [3.05, 3.63) is 71.4 Å². The first kappa shape index (κ1) is 43.6. The molecule has 0 saturated carbocycles. The molecule has 0 unspecified atom stereocenters. The molecule has 17 nitrogen and oxygen atoms in total. The van der Waals surface area contributed by atoms with Gasteiger partial charge in [0.05, 0.1) is 61.4 Å². The van der Waals surface area contributed by atoms with Crippen molar-refractivity contribution in [2.45, 2.75) is 83.3 Å². The molecular weight excluding hydrogens is 771 g/mol. The lowest BCUT2D eigenvalue weighted by Gasteiger charge is -2.29. The lowest BCUT2D eigenvalue weighted by Crippen LogP contribution is -2.51. The Morgan fingerprint density at radius 1 is 0.850 bits per heavy atom. The fourth-order valence-electron chi connectivity index (χ4n) is 7.62. The zero-order valence-electron chi connectivity index (χ0n) is 34.9. The van der Waals surface area contributed by atoms with Gasteiger partial charge in [-0.3, -0.25) is 9.59 Å². The Kier molecular flexibility index (Phi) is 14.1. The minimum Gasteiger partial charge on any atom is -0.453 e. The van der Waals surface area contributed by atoms with Gasteiger partial charge < -0.3 is 55.5 Å². The summed E-state index contributed by atoms with van der Waals surface area (Å²) in [6.07, 6.45) is 0.895. The SMILES string of the molecule is COC(=O)N[C@H](C(=O)N1C[C@@H](O)C[C@H]1c1ncc(-c2ccc(C#Cc3ccc4nc([C@@H]5C[C@H](OCCCN)CN5C(=O)[C@@H](NC(=O)OC)C(C)C)[nH]c4c3)cc2)[nH]1)C(C)C. The maximum atomic E-state index is 13.9. The molecule has 4 aromatic rings. The number of amides is 4. The quantitative estimate of drug-likeness (QED) is 0.0840. The number of hydrogen-bond acceptors (Lipinski definition) is 11. The van der Waals surface area contributed by atoms with Crippen molar-refractivity contribution >= 4 is 35.0 Å². The number of aromatic amines is 2. The number of aliphatic hydroxyl groups excluding tert-OH is 1. The van der Waals surface area contributed by atoms with E-state index in [1.54, 1.807) is 16.0 Å². The topological polar surface area (TPSA) is 230 Å². The van der Waals surface area contributed by atoms with E-state index in [1.165, 1.54) is 14.2 Å². The van der Waals surface area contributed by atoms with Crippen LogP contribution < -0.4 is 16.4 Å². The van der Waals surface area contributed by atoms with Crippen LogP contribution in [-0.2, 0) is 23.8 Å². The molecule has 0 aliphatic carbocycles. The maximum Gasteiger partial charge on any atom is 0.407 e. The van der Waals surface area contributed by atoms with Crippen molar-refractivity contribution in [3.8, 4) is 23.1 Å². The Hall–Kier alpha value is -5.96. The molecule has 6 rings (SSSR count). The monoisotopic (exact) mass is 825 g/mol. The molecule has 6 atom stereocenters. The number of nitrogens with two attached hydrogens (primary N) is 1. The van der Waals surface area contributed by atoms with Gasteiger partial charge in [0.2, 0.25) is 11.8 Å². The summed E-state index contributed by atoms with van der Waals surface area (Å²) in [5.74, 6) is 6.66. The highest BCUT2D eigenvalue weighted by Crippen LogP contribution is 2.35. The van der Waals surface area contributed by atoms with Crippen molar-refractivity contribution in [2.75, 3.05) is 40.5 Å². The van der Waals surface area contributed by atoms with E-state index < -0.39 is 42.5 Å². The molecule has 2 aromatic heterocycles. The Morgan fingerprint density at radius 3 is 2.07 bits per heavy atom. The highest BCUT2D eigenvalue weighted by Gasteiger charge is 2.43. The number of methoxy groups -OCH3 is 2. The minimum atomic E-state index is -0.824. The molecule has 2 aliphatic heterocycles. The number of β-amino-alcohol motifs (C(OH)–C–C–N with tert-alkyl or cyclic N) is 1. The molecule has 4 heterocycles. The average molecular weight is 826 g/mol. The van der Waals surface area contributed by atoms with Crippen LogP contribution >= 0.6 is 0 Å².